The lowest BCUT2D eigenvalue weighted by atomic mass is 10.2. The first-order valence-corrected chi connectivity index (χ1v) is 12.2. The summed E-state index contributed by atoms with van der Waals surface area (Å²) in [6.07, 6.45) is 1.91. The molecule has 1 heterocycles. The van der Waals surface area contributed by atoms with Crippen molar-refractivity contribution in [3.8, 4) is 0 Å². The standard InChI is InChI=1S/C26H20N3PS/c1-3-12-21(13-4-1)30(22-14-5-2-6-15-22)24-17-9-7-11-20(24)19-27-29-26-28-23-16-8-10-18-25(23)31-26/h1-19H,(H,28,29)/b27-19-. The van der Waals surface area contributed by atoms with Gasteiger partial charge in [-0.3, -0.25) is 5.43 Å². The van der Waals surface area contributed by atoms with Gasteiger partial charge in [0, 0.05) is 5.56 Å². The number of thiazole rings is 1. The van der Waals surface area contributed by atoms with Gasteiger partial charge in [0.2, 0.25) is 5.13 Å². The third-order valence-electron chi connectivity index (χ3n) is 4.86. The Bertz CT molecular complexity index is 1240. The van der Waals surface area contributed by atoms with Crippen molar-refractivity contribution in [1.29, 1.82) is 0 Å². The van der Waals surface area contributed by atoms with Crippen LogP contribution in [-0.2, 0) is 0 Å². The predicted molar refractivity (Wildman–Crippen MR) is 136 cm³/mol. The highest BCUT2D eigenvalue weighted by molar-refractivity contribution is 7.80. The maximum Gasteiger partial charge on any atom is 0.204 e. The predicted octanol–water partition coefficient (Wildman–Crippen LogP) is 5.50. The van der Waals surface area contributed by atoms with E-state index in [0.717, 1.165) is 20.9 Å². The highest BCUT2D eigenvalue weighted by atomic mass is 32.1. The van der Waals surface area contributed by atoms with Gasteiger partial charge in [-0.2, -0.15) is 5.10 Å². The Labute approximate surface area is 186 Å². The molecular weight excluding hydrogens is 417 g/mol. The maximum atomic E-state index is 4.59. The van der Waals surface area contributed by atoms with Crippen LogP contribution >= 0.6 is 19.3 Å². The van der Waals surface area contributed by atoms with Gasteiger partial charge >= 0.3 is 0 Å². The van der Waals surface area contributed by atoms with E-state index in [4.69, 9.17) is 0 Å². The number of para-hydroxylation sites is 1. The maximum absolute atomic E-state index is 4.59. The molecule has 3 nitrogen and oxygen atoms in total. The Morgan fingerprint density at radius 2 is 1.32 bits per heavy atom. The topological polar surface area (TPSA) is 37.3 Å². The van der Waals surface area contributed by atoms with Crippen molar-refractivity contribution in [3.05, 3.63) is 115 Å². The van der Waals surface area contributed by atoms with E-state index in [0.29, 0.717) is 0 Å². The smallest absolute Gasteiger partial charge is 0.204 e. The van der Waals surface area contributed by atoms with Gasteiger partial charge in [-0.15, -0.1) is 0 Å². The Hall–Kier alpha value is -3.33. The van der Waals surface area contributed by atoms with Gasteiger partial charge < -0.3 is 0 Å². The summed E-state index contributed by atoms with van der Waals surface area (Å²) in [7, 11) is -0.686. The zero-order valence-electron chi connectivity index (χ0n) is 16.7. The van der Waals surface area contributed by atoms with Crippen LogP contribution in [-0.4, -0.2) is 11.2 Å². The molecule has 1 N–H and O–H groups in total. The summed E-state index contributed by atoms with van der Waals surface area (Å²) in [4.78, 5) is 4.59. The molecule has 0 atom stereocenters. The van der Waals surface area contributed by atoms with Crippen LogP contribution in [0.5, 0.6) is 0 Å². The number of fused-ring (bicyclic) bond motifs is 1. The number of benzene rings is 4. The van der Waals surface area contributed by atoms with Crippen molar-refractivity contribution in [2.24, 2.45) is 5.10 Å². The van der Waals surface area contributed by atoms with Crippen LogP contribution in [0, 0.1) is 0 Å². The minimum atomic E-state index is -0.686. The number of aromatic nitrogens is 1. The molecular formula is C26H20N3PS. The van der Waals surface area contributed by atoms with Crippen LogP contribution in [0.15, 0.2) is 114 Å². The van der Waals surface area contributed by atoms with Crippen LogP contribution in [0.1, 0.15) is 5.56 Å². The lowest BCUT2D eigenvalue weighted by Crippen LogP contribution is -2.23. The number of nitrogens with one attached hydrogen (secondary N) is 1. The van der Waals surface area contributed by atoms with Crippen LogP contribution in [0.25, 0.3) is 10.2 Å². The third kappa shape index (κ3) is 4.41. The molecule has 150 valence electrons. The number of hydrazone groups is 1. The number of anilines is 1. The summed E-state index contributed by atoms with van der Waals surface area (Å²) >= 11 is 1.60. The summed E-state index contributed by atoms with van der Waals surface area (Å²) in [5, 5.41) is 9.24. The van der Waals surface area contributed by atoms with Crippen LogP contribution in [0.4, 0.5) is 5.13 Å². The van der Waals surface area contributed by atoms with Gasteiger partial charge in [-0.1, -0.05) is 108 Å². The molecule has 0 saturated heterocycles. The van der Waals surface area contributed by atoms with Gasteiger partial charge in [0.15, 0.2) is 0 Å². The highest BCUT2D eigenvalue weighted by Gasteiger charge is 2.18. The molecule has 31 heavy (non-hydrogen) atoms. The molecule has 0 aliphatic heterocycles. The van der Waals surface area contributed by atoms with Crippen molar-refractivity contribution < 1.29 is 0 Å². The molecule has 0 saturated carbocycles. The summed E-state index contributed by atoms with van der Waals surface area (Å²) in [5.41, 5.74) is 5.21. The zero-order valence-corrected chi connectivity index (χ0v) is 18.4. The van der Waals surface area contributed by atoms with Crippen molar-refractivity contribution in [1.82, 2.24) is 4.98 Å². The van der Waals surface area contributed by atoms with Crippen LogP contribution in [0.2, 0.25) is 0 Å². The molecule has 4 aromatic carbocycles. The van der Waals surface area contributed by atoms with Gasteiger partial charge in [-0.25, -0.2) is 4.98 Å². The molecule has 0 aliphatic carbocycles. The largest absolute Gasteiger partial charge is 0.253 e. The zero-order chi connectivity index (χ0) is 20.9. The lowest BCUT2D eigenvalue weighted by molar-refractivity contribution is 1.31. The molecule has 0 spiro atoms. The van der Waals surface area contributed by atoms with Gasteiger partial charge in [-0.05, 0) is 36.0 Å². The average Bonchev–Trinajstić information content (AvgIpc) is 3.25. The Kier molecular flexibility index (Phi) is 5.83. The van der Waals surface area contributed by atoms with E-state index < -0.39 is 7.92 Å². The highest BCUT2D eigenvalue weighted by Crippen LogP contribution is 2.33. The number of rotatable bonds is 6. The molecule has 0 fully saturated rings. The second-order valence-corrected chi connectivity index (χ2v) is 10.1. The fourth-order valence-corrected chi connectivity index (χ4v) is 6.69. The summed E-state index contributed by atoms with van der Waals surface area (Å²) < 4.78 is 1.15. The van der Waals surface area contributed by atoms with E-state index in [1.54, 1.807) is 11.3 Å². The molecule has 5 aromatic rings. The van der Waals surface area contributed by atoms with Crippen molar-refractivity contribution in [3.63, 3.8) is 0 Å². The first-order chi connectivity index (χ1) is 15.4. The van der Waals surface area contributed by atoms with E-state index in [1.165, 1.54) is 15.9 Å². The second-order valence-electron chi connectivity index (χ2n) is 6.92. The fourth-order valence-electron chi connectivity index (χ4n) is 3.46. The minimum Gasteiger partial charge on any atom is -0.253 e. The first kappa shape index (κ1) is 19.6. The third-order valence-corrected chi connectivity index (χ3v) is 8.32. The van der Waals surface area contributed by atoms with Crippen LogP contribution in [0.3, 0.4) is 0 Å². The molecule has 5 heteroatoms. The van der Waals surface area contributed by atoms with E-state index in [-0.39, 0.29) is 0 Å². The van der Waals surface area contributed by atoms with Crippen molar-refractivity contribution in [2.75, 3.05) is 5.43 Å². The Morgan fingerprint density at radius 3 is 2.03 bits per heavy atom. The number of hydrogen-bond donors (Lipinski definition) is 1. The van der Waals surface area contributed by atoms with Gasteiger partial charge in [0.1, 0.15) is 0 Å². The quantitative estimate of drug-likeness (QED) is 0.216. The van der Waals surface area contributed by atoms with E-state index in [1.807, 2.05) is 24.4 Å². The monoisotopic (exact) mass is 437 g/mol. The minimum absolute atomic E-state index is 0.686. The number of hydrogen-bond acceptors (Lipinski definition) is 4. The van der Waals surface area contributed by atoms with E-state index >= 15 is 0 Å². The first-order valence-electron chi connectivity index (χ1n) is 10.0. The van der Waals surface area contributed by atoms with Gasteiger partial charge in [0.25, 0.3) is 0 Å². The van der Waals surface area contributed by atoms with E-state index in [2.05, 4.69) is 107 Å². The Balaban J connectivity index is 1.49. The fraction of sp³-hybridized carbons (Fsp3) is 0. The summed E-state index contributed by atoms with van der Waals surface area (Å²) in [5.74, 6) is 0. The summed E-state index contributed by atoms with van der Waals surface area (Å²) in [6, 6.07) is 38.1. The van der Waals surface area contributed by atoms with Crippen LogP contribution < -0.4 is 21.3 Å². The molecule has 5 rings (SSSR count). The Morgan fingerprint density at radius 1 is 0.710 bits per heavy atom. The van der Waals surface area contributed by atoms with Crippen molar-refractivity contribution >= 4 is 56.7 Å². The second kappa shape index (κ2) is 9.22. The van der Waals surface area contributed by atoms with Crippen molar-refractivity contribution in [2.45, 2.75) is 0 Å². The average molecular weight is 438 g/mol. The normalized spacial score (nSPS) is 11.4. The number of nitrogens with zero attached hydrogens (tertiary/aromatic N) is 2. The molecule has 0 bridgehead atoms. The molecule has 0 amide bonds. The molecule has 0 radical (unpaired) electrons. The molecule has 0 unspecified atom stereocenters. The summed E-state index contributed by atoms with van der Waals surface area (Å²) in [6.45, 7) is 0. The lowest BCUT2D eigenvalue weighted by Gasteiger charge is -2.21. The van der Waals surface area contributed by atoms with E-state index in [9.17, 15) is 0 Å². The molecule has 0 aliphatic rings. The SMILES string of the molecule is C(=N/Nc1nc2ccccc2s1)/c1ccccc1P(c1ccccc1)c1ccccc1. The van der Waals surface area contributed by atoms with Gasteiger partial charge in [0.05, 0.1) is 16.4 Å². The molecule has 1 aromatic heterocycles.